The SMILES string of the molecule is C=CCNC(=O)CN(CCc1ccccc1)S(=O)(=O)c1cc(C)ccc1C. The number of amides is 1. The summed E-state index contributed by atoms with van der Waals surface area (Å²) in [6.07, 6.45) is 2.09. The minimum Gasteiger partial charge on any atom is -0.351 e. The molecule has 27 heavy (non-hydrogen) atoms. The number of rotatable bonds is 9. The van der Waals surface area contributed by atoms with Gasteiger partial charge in [0.2, 0.25) is 15.9 Å². The summed E-state index contributed by atoms with van der Waals surface area (Å²) in [7, 11) is -3.80. The van der Waals surface area contributed by atoms with Gasteiger partial charge in [0.05, 0.1) is 11.4 Å². The van der Waals surface area contributed by atoms with Gasteiger partial charge < -0.3 is 5.32 Å². The molecule has 0 aliphatic heterocycles. The second-order valence-electron chi connectivity index (χ2n) is 6.44. The summed E-state index contributed by atoms with van der Waals surface area (Å²) < 4.78 is 27.8. The second kappa shape index (κ2) is 9.48. The number of hydrogen-bond donors (Lipinski definition) is 1. The average molecular weight is 387 g/mol. The van der Waals surface area contributed by atoms with Crippen molar-refractivity contribution in [3.05, 3.63) is 77.9 Å². The molecule has 144 valence electrons. The molecule has 2 aromatic carbocycles. The summed E-state index contributed by atoms with van der Waals surface area (Å²) in [5.41, 5.74) is 2.54. The van der Waals surface area contributed by atoms with Crippen molar-refractivity contribution >= 4 is 15.9 Å². The Labute approximate surface area is 161 Å². The van der Waals surface area contributed by atoms with E-state index in [9.17, 15) is 13.2 Å². The van der Waals surface area contributed by atoms with E-state index in [2.05, 4.69) is 11.9 Å². The molecule has 0 radical (unpaired) electrons. The number of nitrogens with one attached hydrogen (secondary N) is 1. The molecule has 0 saturated heterocycles. The average Bonchev–Trinajstić information content (AvgIpc) is 2.65. The molecule has 0 atom stereocenters. The molecule has 0 spiro atoms. The van der Waals surface area contributed by atoms with Crippen molar-refractivity contribution in [2.75, 3.05) is 19.6 Å². The zero-order valence-corrected chi connectivity index (χ0v) is 16.6. The van der Waals surface area contributed by atoms with Crippen LogP contribution in [0.1, 0.15) is 16.7 Å². The van der Waals surface area contributed by atoms with Gasteiger partial charge in [-0.1, -0.05) is 48.5 Å². The van der Waals surface area contributed by atoms with Crippen molar-refractivity contribution in [1.29, 1.82) is 0 Å². The summed E-state index contributed by atoms with van der Waals surface area (Å²) in [5.74, 6) is -0.350. The molecular weight excluding hydrogens is 360 g/mol. The summed E-state index contributed by atoms with van der Waals surface area (Å²) in [5, 5.41) is 2.65. The first-order valence-corrected chi connectivity index (χ1v) is 10.3. The van der Waals surface area contributed by atoms with E-state index < -0.39 is 10.0 Å². The standard InChI is InChI=1S/C21H26N2O3S/c1-4-13-22-21(24)16-23(14-12-19-8-6-5-7-9-19)27(25,26)20-15-17(2)10-11-18(20)3/h4-11,15H,1,12-14,16H2,2-3H3,(H,22,24). The largest absolute Gasteiger partial charge is 0.351 e. The van der Waals surface area contributed by atoms with Gasteiger partial charge in [0, 0.05) is 13.1 Å². The van der Waals surface area contributed by atoms with Gasteiger partial charge in [-0.3, -0.25) is 4.79 Å². The molecule has 0 aromatic heterocycles. The van der Waals surface area contributed by atoms with E-state index in [4.69, 9.17) is 0 Å². The molecule has 0 bridgehead atoms. The van der Waals surface area contributed by atoms with Crippen molar-refractivity contribution in [2.24, 2.45) is 0 Å². The van der Waals surface area contributed by atoms with Crippen molar-refractivity contribution < 1.29 is 13.2 Å². The van der Waals surface area contributed by atoms with Crippen LogP contribution < -0.4 is 5.32 Å². The minimum atomic E-state index is -3.80. The van der Waals surface area contributed by atoms with E-state index in [1.807, 2.05) is 43.3 Å². The van der Waals surface area contributed by atoms with Crippen LogP contribution in [0.2, 0.25) is 0 Å². The fraction of sp³-hybridized carbons (Fsp3) is 0.286. The quantitative estimate of drug-likeness (QED) is 0.674. The van der Waals surface area contributed by atoms with Crippen LogP contribution in [-0.4, -0.2) is 38.3 Å². The Morgan fingerprint density at radius 3 is 2.52 bits per heavy atom. The lowest BCUT2D eigenvalue weighted by molar-refractivity contribution is -0.121. The predicted molar refractivity (Wildman–Crippen MR) is 108 cm³/mol. The van der Waals surface area contributed by atoms with E-state index in [1.165, 1.54) is 4.31 Å². The van der Waals surface area contributed by atoms with Crippen LogP contribution in [0.3, 0.4) is 0 Å². The molecule has 0 unspecified atom stereocenters. The van der Waals surface area contributed by atoms with Gasteiger partial charge in [0.1, 0.15) is 0 Å². The number of carbonyl (C=O) groups is 1. The maximum Gasteiger partial charge on any atom is 0.243 e. The highest BCUT2D eigenvalue weighted by Gasteiger charge is 2.27. The molecular formula is C21H26N2O3S. The van der Waals surface area contributed by atoms with Gasteiger partial charge in [-0.2, -0.15) is 4.31 Å². The second-order valence-corrected chi connectivity index (χ2v) is 8.34. The summed E-state index contributed by atoms with van der Waals surface area (Å²) in [4.78, 5) is 12.4. The van der Waals surface area contributed by atoms with Crippen molar-refractivity contribution in [3.8, 4) is 0 Å². The molecule has 0 aliphatic carbocycles. The molecule has 2 rings (SSSR count). The van der Waals surface area contributed by atoms with E-state index >= 15 is 0 Å². The Hall–Kier alpha value is -2.44. The Balaban J connectivity index is 2.30. The molecule has 0 saturated carbocycles. The molecule has 6 heteroatoms. The molecule has 5 nitrogen and oxygen atoms in total. The first-order valence-electron chi connectivity index (χ1n) is 8.83. The van der Waals surface area contributed by atoms with Crippen LogP contribution >= 0.6 is 0 Å². The molecule has 2 aromatic rings. The van der Waals surface area contributed by atoms with Gasteiger partial charge in [-0.05, 0) is 43.0 Å². The number of nitrogens with zero attached hydrogens (tertiary/aromatic N) is 1. The lowest BCUT2D eigenvalue weighted by Gasteiger charge is -2.23. The van der Waals surface area contributed by atoms with Crippen LogP contribution in [0.15, 0.2) is 66.1 Å². The van der Waals surface area contributed by atoms with Crippen LogP contribution in [0.25, 0.3) is 0 Å². The zero-order valence-electron chi connectivity index (χ0n) is 15.8. The van der Waals surface area contributed by atoms with Crippen LogP contribution in [-0.2, 0) is 21.2 Å². The van der Waals surface area contributed by atoms with Gasteiger partial charge in [0.25, 0.3) is 0 Å². The number of benzene rings is 2. The van der Waals surface area contributed by atoms with Crippen molar-refractivity contribution in [2.45, 2.75) is 25.2 Å². The van der Waals surface area contributed by atoms with E-state index in [0.29, 0.717) is 18.5 Å². The molecule has 1 amide bonds. The first-order chi connectivity index (χ1) is 12.8. The van der Waals surface area contributed by atoms with Crippen LogP contribution in [0.4, 0.5) is 0 Å². The number of hydrogen-bond acceptors (Lipinski definition) is 3. The van der Waals surface area contributed by atoms with Gasteiger partial charge in [0.15, 0.2) is 0 Å². The van der Waals surface area contributed by atoms with Crippen molar-refractivity contribution in [3.63, 3.8) is 0 Å². The molecule has 0 aliphatic rings. The normalized spacial score (nSPS) is 11.4. The monoisotopic (exact) mass is 386 g/mol. The Morgan fingerprint density at radius 1 is 1.15 bits per heavy atom. The highest BCUT2D eigenvalue weighted by molar-refractivity contribution is 7.89. The fourth-order valence-corrected chi connectivity index (χ4v) is 4.42. The predicted octanol–water partition coefficient (Wildman–Crippen LogP) is 2.84. The topological polar surface area (TPSA) is 66.5 Å². The van der Waals surface area contributed by atoms with Gasteiger partial charge >= 0.3 is 0 Å². The third-order valence-corrected chi connectivity index (χ3v) is 6.20. The minimum absolute atomic E-state index is 0.223. The zero-order chi connectivity index (χ0) is 19.9. The highest BCUT2D eigenvalue weighted by atomic mass is 32.2. The maximum absolute atomic E-state index is 13.3. The smallest absolute Gasteiger partial charge is 0.243 e. The summed E-state index contributed by atoms with van der Waals surface area (Å²) in [6, 6.07) is 14.9. The van der Waals surface area contributed by atoms with Crippen molar-refractivity contribution in [1.82, 2.24) is 9.62 Å². The number of sulfonamides is 1. The Morgan fingerprint density at radius 2 is 1.85 bits per heavy atom. The summed E-state index contributed by atoms with van der Waals surface area (Å²) >= 11 is 0. The highest BCUT2D eigenvalue weighted by Crippen LogP contribution is 2.21. The molecule has 1 N–H and O–H groups in total. The number of aryl methyl sites for hydroxylation is 2. The van der Waals surface area contributed by atoms with Crippen LogP contribution in [0, 0.1) is 13.8 Å². The van der Waals surface area contributed by atoms with Gasteiger partial charge in [-0.25, -0.2) is 8.42 Å². The van der Waals surface area contributed by atoms with Gasteiger partial charge in [-0.15, -0.1) is 6.58 Å². The molecule has 0 fully saturated rings. The third-order valence-electron chi connectivity index (χ3n) is 4.22. The Bertz CT molecular complexity index is 893. The molecule has 0 heterocycles. The van der Waals surface area contributed by atoms with E-state index in [0.717, 1.165) is 11.1 Å². The lowest BCUT2D eigenvalue weighted by Crippen LogP contribution is -2.42. The van der Waals surface area contributed by atoms with E-state index in [-0.39, 0.29) is 23.9 Å². The lowest BCUT2D eigenvalue weighted by atomic mass is 10.1. The summed E-state index contributed by atoms with van der Waals surface area (Å²) in [6.45, 7) is 7.47. The first kappa shape index (κ1) is 20.9. The third kappa shape index (κ3) is 5.77. The maximum atomic E-state index is 13.3. The van der Waals surface area contributed by atoms with E-state index in [1.54, 1.807) is 25.1 Å². The fourth-order valence-electron chi connectivity index (χ4n) is 2.71. The van der Waals surface area contributed by atoms with Crippen LogP contribution in [0.5, 0.6) is 0 Å². The number of carbonyl (C=O) groups excluding carboxylic acids is 1. The Kier molecular flexibility index (Phi) is 7.33.